The molecule has 4 rings (SSSR count). The molecule has 0 fully saturated rings. The highest BCUT2D eigenvalue weighted by Crippen LogP contribution is 2.29. The van der Waals surface area contributed by atoms with Crippen molar-refractivity contribution >= 4 is 0 Å². The first-order valence-electron chi connectivity index (χ1n) is 9.18. The predicted molar refractivity (Wildman–Crippen MR) is 103 cm³/mol. The van der Waals surface area contributed by atoms with Gasteiger partial charge >= 0.3 is 6.18 Å². The van der Waals surface area contributed by atoms with Crippen molar-refractivity contribution in [3.05, 3.63) is 84.2 Å². The maximum atomic E-state index is 12.8. The SMILES string of the molecule is C[C@@H](NCc1nnnn1-c1ccc(C(F)(F)F)cc1)c1ccc(-n2ccnc2)cc1. The fourth-order valence-corrected chi connectivity index (χ4v) is 3.02. The average molecular weight is 413 g/mol. The topological polar surface area (TPSA) is 73.5 Å². The number of tetrazole rings is 1. The number of benzene rings is 2. The Morgan fingerprint density at radius 2 is 1.70 bits per heavy atom. The van der Waals surface area contributed by atoms with E-state index in [-0.39, 0.29) is 6.04 Å². The molecule has 2 heterocycles. The summed E-state index contributed by atoms with van der Waals surface area (Å²) in [7, 11) is 0. The predicted octanol–water partition coefficient (Wildman–Crippen LogP) is 3.72. The van der Waals surface area contributed by atoms with Crippen LogP contribution in [0.15, 0.2) is 67.3 Å². The number of hydrogen-bond acceptors (Lipinski definition) is 5. The van der Waals surface area contributed by atoms with Gasteiger partial charge in [-0.05, 0) is 59.3 Å². The van der Waals surface area contributed by atoms with Gasteiger partial charge in [-0.2, -0.15) is 17.9 Å². The van der Waals surface area contributed by atoms with Crippen LogP contribution < -0.4 is 5.32 Å². The number of halogens is 3. The number of nitrogens with zero attached hydrogens (tertiary/aromatic N) is 6. The molecule has 0 unspecified atom stereocenters. The van der Waals surface area contributed by atoms with Crippen molar-refractivity contribution < 1.29 is 13.2 Å². The minimum Gasteiger partial charge on any atom is -0.306 e. The van der Waals surface area contributed by atoms with Crippen LogP contribution in [0.1, 0.15) is 29.9 Å². The van der Waals surface area contributed by atoms with Crippen LogP contribution in [-0.2, 0) is 12.7 Å². The van der Waals surface area contributed by atoms with E-state index >= 15 is 0 Å². The fourth-order valence-electron chi connectivity index (χ4n) is 3.02. The second-order valence-corrected chi connectivity index (χ2v) is 6.72. The minimum atomic E-state index is -4.38. The molecule has 0 spiro atoms. The Bertz CT molecular complexity index is 1080. The van der Waals surface area contributed by atoms with Gasteiger partial charge in [-0.1, -0.05) is 12.1 Å². The van der Waals surface area contributed by atoms with E-state index in [1.165, 1.54) is 16.8 Å². The van der Waals surface area contributed by atoms with Crippen LogP contribution in [0, 0.1) is 0 Å². The Kier molecular flexibility index (Phi) is 5.32. The maximum Gasteiger partial charge on any atom is 0.416 e. The lowest BCUT2D eigenvalue weighted by Crippen LogP contribution is -2.20. The first kappa shape index (κ1) is 19.8. The number of nitrogens with one attached hydrogen (secondary N) is 1. The fraction of sp³-hybridized carbons (Fsp3) is 0.200. The average Bonchev–Trinajstić information content (AvgIpc) is 3.44. The standard InChI is InChI=1S/C20H18F3N7/c1-14(15-2-6-17(7-3-15)29-11-10-24-13-29)25-12-19-26-27-28-30(19)18-8-4-16(5-9-18)20(21,22)23/h2-11,13-14,25H,12H2,1H3/t14-/m1/s1. The summed E-state index contributed by atoms with van der Waals surface area (Å²) < 4.78 is 41.6. The van der Waals surface area contributed by atoms with Gasteiger partial charge < -0.3 is 9.88 Å². The van der Waals surface area contributed by atoms with Crippen LogP contribution in [0.25, 0.3) is 11.4 Å². The van der Waals surface area contributed by atoms with Crippen LogP contribution in [0.5, 0.6) is 0 Å². The lowest BCUT2D eigenvalue weighted by Gasteiger charge is -2.15. The normalized spacial score (nSPS) is 12.8. The van der Waals surface area contributed by atoms with Gasteiger partial charge in [0, 0.05) is 24.1 Å². The summed E-state index contributed by atoms with van der Waals surface area (Å²) in [6.07, 6.45) is 0.945. The van der Waals surface area contributed by atoms with Crippen LogP contribution in [0.4, 0.5) is 13.2 Å². The van der Waals surface area contributed by atoms with E-state index in [1.54, 1.807) is 12.5 Å². The van der Waals surface area contributed by atoms with E-state index in [0.717, 1.165) is 23.4 Å². The number of alkyl halides is 3. The molecule has 0 bridgehead atoms. The monoisotopic (exact) mass is 413 g/mol. The largest absolute Gasteiger partial charge is 0.416 e. The van der Waals surface area contributed by atoms with Gasteiger partial charge in [0.15, 0.2) is 5.82 Å². The van der Waals surface area contributed by atoms with E-state index < -0.39 is 11.7 Å². The molecule has 0 amide bonds. The Morgan fingerprint density at radius 3 is 2.33 bits per heavy atom. The van der Waals surface area contributed by atoms with Crippen molar-refractivity contribution in [1.29, 1.82) is 0 Å². The van der Waals surface area contributed by atoms with Gasteiger partial charge in [0.25, 0.3) is 0 Å². The minimum absolute atomic E-state index is 0.0135. The molecule has 0 aliphatic carbocycles. The van der Waals surface area contributed by atoms with Crippen LogP contribution in [0.2, 0.25) is 0 Å². The summed E-state index contributed by atoms with van der Waals surface area (Å²) in [5.41, 5.74) is 1.83. The van der Waals surface area contributed by atoms with Crippen molar-refractivity contribution in [3.63, 3.8) is 0 Å². The molecular weight excluding hydrogens is 395 g/mol. The first-order valence-corrected chi connectivity index (χ1v) is 9.18. The molecule has 0 radical (unpaired) electrons. The van der Waals surface area contributed by atoms with E-state index in [2.05, 4.69) is 25.8 Å². The highest BCUT2D eigenvalue weighted by atomic mass is 19.4. The molecule has 7 nitrogen and oxygen atoms in total. The van der Waals surface area contributed by atoms with Crippen molar-refractivity contribution in [2.75, 3.05) is 0 Å². The molecule has 1 atom stereocenters. The van der Waals surface area contributed by atoms with E-state index in [0.29, 0.717) is 18.1 Å². The summed E-state index contributed by atoms with van der Waals surface area (Å²) in [5, 5.41) is 14.9. The third-order valence-electron chi connectivity index (χ3n) is 4.74. The second-order valence-electron chi connectivity index (χ2n) is 6.72. The van der Waals surface area contributed by atoms with Gasteiger partial charge in [0.05, 0.1) is 24.1 Å². The second kappa shape index (κ2) is 8.07. The van der Waals surface area contributed by atoms with Crippen molar-refractivity contribution in [2.45, 2.75) is 25.7 Å². The summed E-state index contributed by atoms with van der Waals surface area (Å²) in [4.78, 5) is 4.04. The van der Waals surface area contributed by atoms with Gasteiger partial charge in [0.2, 0.25) is 0 Å². The van der Waals surface area contributed by atoms with Gasteiger partial charge in [-0.3, -0.25) is 0 Å². The number of hydrogen-bond donors (Lipinski definition) is 1. The zero-order valence-electron chi connectivity index (χ0n) is 16.0. The number of imidazole rings is 1. The van der Waals surface area contributed by atoms with Crippen molar-refractivity contribution in [1.82, 2.24) is 35.1 Å². The lowest BCUT2D eigenvalue weighted by molar-refractivity contribution is -0.137. The molecule has 154 valence electrons. The quantitative estimate of drug-likeness (QED) is 0.522. The molecule has 0 saturated heterocycles. The number of aromatic nitrogens is 6. The zero-order chi connectivity index (χ0) is 21.1. The summed E-state index contributed by atoms with van der Waals surface area (Å²) in [6.45, 7) is 2.36. The highest BCUT2D eigenvalue weighted by molar-refractivity contribution is 5.36. The van der Waals surface area contributed by atoms with Crippen LogP contribution in [-0.4, -0.2) is 29.8 Å². The van der Waals surface area contributed by atoms with Crippen molar-refractivity contribution in [2.24, 2.45) is 0 Å². The molecule has 2 aromatic heterocycles. The summed E-state index contributed by atoms with van der Waals surface area (Å²) in [6, 6.07) is 12.8. The molecule has 10 heteroatoms. The Balaban J connectivity index is 1.43. The molecule has 0 aliphatic heterocycles. The molecule has 4 aromatic rings. The van der Waals surface area contributed by atoms with Crippen LogP contribution in [0.3, 0.4) is 0 Å². The molecular formula is C20H18F3N7. The molecule has 2 aromatic carbocycles. The third kappa shape index (κ3) is 4.23. The van der Waals surface area contributed by atoms with Crippen molar-refractivity contribution in [3.8, 4) is 11.4 Å². The number of rotatable bonds is 6. The Morgan fingerprint density at radius 1 is 1.00 bits per heavy atom. The summed E-state index contributed by atoms with van der Waals surface area (Å²) >= 11 is 0. The Hall–Kier alpha value is -3.53. The van der Waals surface area contributed by atoms with E-state index in [9.17, 15) is 13.2 Å². The molecule has 1 N–H and O–H groups in total. The maximum absolute atomic E-state index is 12.8. The van der Waals surface area contributed by atoms with Gasteiger partial charge in [-0.15, -0.1) is 5.10 Å². The van der Waals surface area contributed by atoms with E-state index in [1.807, 2.05) is 42.0 Å². The first-order chi connectivity index (χ1) is 14.4. The molecule has 0 saturated carbocycles. The Labute approximate surface area is 170 Å². The lowest BCUT2D eigenvalue weighted by atomic mass is 10.1. The van der Waals surface area contributed by atoms with Gasteiger partial charge in [0.1, 0.15) is 0 Å². The third-order valence-corrected chi connectivity index (χ3v) is 4.74. The van der Waals surface area contributed by atoms with Crippen LogP contribution >= 0.6 is 0 Å². The highest BCUT2D eigenvalue weighted by Gasteiger charge is 2.30. The zero-order valence-corrected chi connectivity index (χ0v) is 16.0. The molecule has 30 heavy (non-hydrogen) atoms. The smallest absolute Gasteiger partial charge is 0.306 e. The van der Waals surface area contributed by atoms with Gasteiger partial charge in [-0.25, -0.2) is 4.98 Å². The summed E-state index contributed by atoms with van der Waals surface area (Å²) in [5.74, 6) is 0.497. The van der Waals surface area contributed by atoms with E-state index in [4.69, 9.17) is 0 Å². The molecule has 0 aliphatic rings.